The number of ether oxygens (including phenoxy) is 1. The van der Waals surface area contributed by atoms with Crippen LogP contribution in [0.1, 0.15) is 5.56 Å². The van der Waals surface area contributed by atoms with Crippen molar-refractivity contribution in [3.63, 3.8) is 0 Å². The van der Waals surface area contributed by atoms with Crippen LogP contribution < -0.4 is 9.54 Å². The molecule has 0 unspecified atom stereocenters. The van der Waals surface area contributed by atoms with Crippen LogP contribution in [0, 0.1) is 0 Å². The molecular formula is C26H22ClN3OS. The number of aryl methyl sites for hydroxylation is 1. The summed E-state index contributed by atoms with van der Waals surface area (Å²) in [5.41, 5.74) is 5.49. The molecule has 0 aliphatic rings. The number of aromatic amines is 1. The number of para-hydroxylation sites is 2. The highest BCUT2D eigenvalue weighted by Crippen LogP contribution is 2.27. The zero-order valence-electron chi connectivity index (χ0n) is 17.6. The van der Waals surface area contributed by atoms with Gasteiger partial charge in [0, 0.05) is 29.0 Å². The average molecular weight is 460 g/mol. The van der Waals surface area contributed by atoms with E-state index in [1.165, 1.54) is 10.9 Å². The number of aromatic nitrogens is 2. The topological polar surface area (TPSA) is 42.3 Å². The molecule has 0 aliphatic heterocycles. The van der Waals surface area contributed by atoms with Gasteiger partial charge in [-0.15, -0.1) is 11.3 Å². The Kier molecular flexibility index (Phi) is 5.84. The van der Waals surface area contributed by atoms with Gasteiger partial charge in [-0.05, 0) is 60.0 Å². The zero-order valence-corrected chi connectivity index (χ0v) is 19.2. The van der Waals surface area contributed by atoms with Crippen LogP contribution in [-0.2, 0) is 13.0 Å². The summed E-state index contributed by atoms with van der Waals surface area (Å²) < 4.78 is 7.60. The summed E-state index contributed by atoms with van der Waals surface area (Å²) in [7, 11) is 1.68. The summed E-state index contributed by atoms with van der Waals surface area (Å²) in [5.74, 6) is 0.843. The van der Waals surface area contributed by atoms with E-state index in [1.54, 1.807) is 18.4 Å². The van der Waals surface area contributed by atoms with Gasteiger partial charge in [0.05, 0.1) is 23.5 Å². The molecule has 0 saturated carbocycles. The van der Waals surface area contributed by atoms with Crippen LogP contribution in [0.15, 0.2) is 89.4 Å². The lowest BCUT2D eigenvalue weighted by Crippen LogP contribution is -2.17. The van der Waals surface area contributed by atoms with E-state index in [9.17, 15) is 0 Å². The Morgan fingerprint density at radius 1 is 1.00 bits per heavy atom. The van der Waals surface area contributed by atoms with E-state index < -0.39 is 0 Å². The fourth-order valence-corrected chi connectivity index (χ4v) is 4.97. The molecule has 2 aromatic heterocycles. The van der Waals surface area contributed by atoms with E-state index in [-0.39, 0.29) is 0 Å². The molecule has 0 aliphatic carbocycles. The van der Waals surface area contributed by atoms with Gasteiger partial charge >= 0.3 is 0 Å². The summed E-state index contributed by atoms with van der Waals surface area (Å²) in [6, 6.07) is 24.2. The molecule has 0 atom stereocenters. The van der Waals surface area contributed by atoms with Crippen LogP contribution >= 0.6 is 22.9 Å². The highest BCUT2D eigenvalue weighted by atomic mass is 35.5. The summed E-state index contributed by atoms with van der Waals surface area (Å²) >= 11 is 8.01. The number of hydrogen-bond donors (Lipinski definition) is 1. The van der Waals surface area contributed by atoms with Gasteiger partial charge in [0.25, 0.3) is 0 Å². The molecular weight excluding hydrogens is 438 g/mol. The lowest BCUT2D eigenvalue weighted by molar-refractivity contribution is 0.415. The first-order chi connectivity index (χ1) is 15.7. The third kappa shape index (κ3) is 4.09. The van der Waals surface area contributed by atoms with Crippen LogP contribution in [0.2, 0.25) is 5.02 Å². The van der Waals surface area contributed by atoms with Crippen molar-refractivity contribution in [2.75, 3.05) is 7.11 Å². The van der Waals surface area contributed by atoms with E-state index in [2.05, 4.69) is 57.5 Å². The molecule has 5 aromatic rings. The second-order valence-corrected chi connectivity index (χ2v) is 8.70. The van der Waals surface area contributed by atoms with Crippen molar-refractivity contribution < 1.29 is 4.74 Å². The highest BCUT2D eigenvalue weighted by molar-refractivity contribution is 7.07. The van der Waals surface area contributed by atoms with Gasteiger partial charge in [0.15, 0.2) is 4.80 Å². The molecule has 32 heavy (non-hydrogen) atoms. The van der Waals surface area contributed by atoms with E-state index in [0.29, 0.717) is 5.02 Å². The molecule has 0 amide bonds. The summed E-state index contributed by atoms with van der Waals surface area (Å²) in [6.07, 6.45) is 3.00. The van der Waals surface area contributed by atoms with Gasteiger partial charge in [-0.3, -0.25) is 0 Å². The van der Waals surface area contributed by atoms with E-state index in [1.807, 2.05) is 36.4 Å². The smallest absolute Gasteiger partial charge is 0.190 e. The fraction of sp³-hybridized carbons (Fsp3) is 0.115. The molecule has 1 N–H and O–H groups in total. The molecule has 2 heterocycles. The summed E-state index contributed by atoms with van der Waals surface area (Å²) in [4.78, 5) is 9.20. The predicted molar refractivity (Wildman–Crippen MR) is 133 cm³/mol. The minimum Gasteiger partial charge on any atom is -0.497 e. The SMILES string of the molecule is COc1ccc(-c2csc(=Nc3ccccc3Cl)n2CCc2c[nH]c3ccccc23)cc1. The first kappa shape index (κ1) is 20.6. The number of nitrogens with one attached hydrogen (secondary N) is 1. The van der Waals surface area contributed by atoms with Gasteiger partial charge in [0.1, 0.15) is 5.75 Å². The number of nitrogens with zero attached hydrogens (tertiary/aromatic N) is 2. The largest absolute Gasteiger partial charge is 0.497 e. The molecule has 0 bridgehead atoms. The summed E-state index contributed by atoms with van der Waals surface area (Å²) in [5, 5.41) is 4.07. The predicted octanol–water partition coefficient (Wildman–Crippen LogP) is 6.84. The van der Waals surface area contributed by atoms with E-state index in [4.69, 9.17) is 21.3 Å². The Hall–Kier alpha value is -3.28. The van der Waals surface area contributed by atoms with Crippen molar-refractivity contribution in [1.82, 2.24) is 9.55 Å². The molecule has 0 spiro atoms. The molecule has 160 valence electrons. The number of methoxy groups -OCH3 is 1. The minimum atomic E-state index is 0.648. The van der Waals surface area contributed by atoms with Crippen molar-refractivity contribution in [2.24, 2.45) is 4.99 Å². The normalized spacial score (nSPS) is 11.9. The third-order valence-corrected chi connectivity index (χ3v) is 6.71. The standard InChI is InChI=1S/C26H22ClN3OS/c1-31-20-12-10-18(11-13-20)25-17-32-26(29-24-9-5-3-7-22(24)27)30(25)15-14-19-16-28-23-8-4-2-6-21(19)23/h2-13,16-17,28H,14-15H2,1H3. The molecule has 0 fully saturated rings. The maximum Gasteiger partial charge on any atom is 0.190 e. The Balaban J connectivity index is 1.57. The second kappa shape index (κ2) is 9.07. The van der Waals surface area contributed by atoms with Gasteiger partial charge < -0.3 is 14.3 Å². The number of H-pyrrole nitrogens is 1. The second-order valence-electron chi connectivity index (χ2n) is 7.46. The first-order valence-corrected chi connectivity index (χ1v) is 11.7. The third-order valence-electron chi connectivity index (χ3n) is 5.53. The maximum atomic E-state index is 6.39. The molecule has 0 saturated heterocycles. The number of rotatable bonds is 6. The number of hydrogen-bond acceptors (Lipinski definition) is 3. The lowest BCUT2D eigenvalue weighted by Gasteiger charge is -2.10. The average Bonchev–Trinajstić information content (AvgIpc) is 3.43. The Bertz CT molecular complexity index is 1430. The van der Waals surface area contributed by atoms with Crippen LogP contribution in [0.3, 0.4) is 0 Å². The van der Waals surface area contributed by atoms with Crippen LogP contribution in [0.25, 0.3) is 22.2 Å². The Morgan fingerprint density at radius 3 is 2.59 bits per heavy atom. The fourth-order valence-electron chi connectivity index (χ4n) is 3.84. The van der Waals surface area contributed by atoms with Crippen LogP contribution in [0.4, 0.5) is 5.69 Å². The van der Waals surface area contributed by atoms with Crippen molar-refractivity contribution in [2.45, 2.75) is 13.0 Å². The van der Waals surface area contributed by atoms with Gasteiger partial charge in [-0.1, -0.05) is 41.9 Å². The van der Waals surface area contributed by atoms with E-state index in [0.717, 1.165) is 46.0 Å². The molecule has 0 radical (unpaired) electrons. The molecule has 6 heteroatoms. The van der Waals surface area contributed by atoms with Crippen molar-refractivity contribution in [3.05, 3.63) is 99.8 Å². The maximum absolute atomic E-state index is 6.39. The highest BCUT2D eigenvalue weighted by Gasteiger charge is 2.11. The summed E-state index contributed by atoms with van der Waals surface area (Å²) in [6.45, 7) is 0.802. The number of benzene rings is 3. The van der Waals surface area contributed by atoms with Gasteiger partial charge in [-0.2, -0.15) is 0 Å². The minimum absolute atomic E-state index is 0.648. The van der Waals surface area contributed by atoms with Crippen LogP contribution in [-0.4, -0.2) is 16.7 Å². The number of fused-ring (bicyclic) bond motifs is 1. The molecule has 3 aromatic carbocycles. The van der Waals surface area contributed by atoms with Gasteiger partial charge in [0.2, 0.25) is 0 Å². The molecule has 5 rings (SSSR count). The van der Waals surface area contributed by atoms with Crippen molar-refractivity contribution in [1.29, 1.82) is 0 Å². The molecule has 4 nitrogen and oxygen atoms in total. The van der Waals surface area contributed by atoms with Crippen molar-refractivity contribution in [3.8, 4) is 17.0 Å². The van der Waals surface area contributed by atoms with E-state index >= 15 is 0 Å². The zero-order chi connectivity index (χ0) is 21.9. The Labute approximate surface area is 195 Å². The van der Waals surface area contributed by atoms with Crippen LogP contribution in [0.5, 0.6) is 5.75 Å². The van der Waals surface area contributed by atoms with Crippen molar-refractivity contribution >= 4 is 39.5 Å². The van der Waals surface area contributed by atoms with Gasteiger partial charge in [-0.25, -0.2) is 4.99 Å². The monoisotopic (exact) mass is 459 g/mol. The first-order valence-electron chi connectivity index (χ1n) is 10.4. The number of thiazole rings is 1. The lowest BCUT2D eigenvalue weighted by atomic mass is 10.1. The Morgan fingerprint density at radius 2 is 1.78 bits per heavy atom. The quantitative estimate of drug-likeness (QED) is 0.297. The number of halogens is 1.